The van der Waals surface area contributed by atoms with Crippen LogP contribution in [0, 0.1) is 0 Å². The molecule has 5 aromatic rings. The molecule has 0 amide bonds. The van der Waals surface area contributed by atoms with Crippen molar-refractivity contribution in [2.45, 2.75) is 11.8 Å². The van der Waals surface area contributed by atoms with Gasteiger partial charge in [0, 0.05) is 15.5 Å². The second-order valence-corrected chi connectivity index (χ2v) is 9.33. The van der Waals surface area contributed by atoms with Gasteiger partial charge in [-0.05, 0) is 41.1 Å². The van der Waals surface area contributed by atoms with Gasteiger partial charge in [0.05, 0.1) is 11.4 Å². The Balaban J connectivity index is 1.52. The van der Waals surface area contributed by atoms with Gasteiger partial charge in [0.25, 0.3) is 5.89 Å². The molecule has 0 saturated heterocycles. The van der Waals surface area contributed by atoms with E-state index in [0.29, 0.717) is 29.1 Å². The van der Waals surface area contributed by atoms with E-state index in [0.717, 1.165) is 16.3 Å². The minimum absolute atomic E-state index is 0.384. The van der Waals surface area contributed by atoms with Crippen LogP contribution >= 0.6 is 46.9 Å². The largest absolute Gasteiger partial charge is 0.334 e. The molecule has 30 heavy (non-hydrogen) atoms. The Morgan fingerprint density at radius 1 is 1.07 bits per heavy atom. The lowest BCUT2D eigenvalue weighted by atomic mass is 10.2. The van der Waals surface area contributed by atoms with E-state index >= 15 is 0 Å². The Morgan fingerprint density at radius 2 is 1.93 bits per heavy atom. The number of benzene rings is 1. The zero-order valence-electron chi connectivity index (χ0n) is 15.3. The second-order valence-electron chi connectivity index (χ2n) is 6.40. The number of hydrogen-bond donors (Lipinski definition) is 1. The van der Waals surface area contributed by atoms with Gasteiger partial charge in [-0.25, -0.2) is 0 Å². The van der Waals surface area contributed by atoms with Gasteiger partial charge >= 0.3 is 0 Å². The molecule has 0 radical (unpaired) electrons. The molecule has 0 spiro atoms. The van der Waals surface area contributed by atoms with E-state index in [1.807, 2.05) is 35.7 Å². The summed E-state index contributed by atoms with van der Waals surface area (Å²) in [5.74, 6) is 2.26. The van der Waals surface area contributed by atoms with Gasteiger partial charge in [-0.3, -0.25) is 0 Å². The van der Waals surface area contributed by atoms with E-state index in [2.05, 4.69) is 36.4 Å². The lowest BCUT2D eigenvalue weighted by Crippen LogP contribution is -2.09. The minimum Gasteiger partial charge on any atom is -0.334 e. The summed E-state index contributed by atoms with van der Waals surface area (Å²) in [7, 11) is 0. The van der Waals surface area contributed by atoms with E-state index in [1.54, 1.807) is 34.8 Å². The monoisotopic (exact) mass is 471 g/mol. The highest BCUT2D eigenvalue weighted by Crippen LogP contribution is 2.32. The SMILES string of the molecule is SC(c1noc(-c2cccc(Cl)c2)n1)c1nnc(-c2cccs2)n1Cc1cccs1. The summed E-state index contributed by atoms with van der Waals surface area (Å²) in [6.45, 7) is 0.642. The molecule has 5 rings (SSSR count). The van der Waals surface area contributed by atoms with Crippen molar-refractivity contribution in [2.24, 2.45) is 0 Å². The lowest BCUT2D eigenvalue weighted by molar-refractivity contribution is 0.423. The van der Waals surface area contributed by atoms with Crippen molar-refractivity contribution < 1.29 is 4.52 Å². The highest BCUT2D eigenvalue weighted by Gasteiger charge is 2.26. The molecule has 1 unspecified atom stereocenters. The van der Waals surface area contributed by atoms with Crippen LogP contribution < -0.4 is 0 Å². The molecule has 0 aliphatic carbocycles. The fraction of sp³-hybridized carbons (Fsp3) is 0.100. The minimum atomic E-state index is -0.497. The van der Waals surface area contributed by atoms with Gasteiger partial charge in [0.15, 0.2) is 17.5 Å². The molecule has 0 saturated carbocycles. The van der Waals surface area contributed by atoms with Crippen molar-refractivity contribution in [3.63, 3.8) is 0 Å². The van der Waals surface area contributed by atoms with Crippen LogP contribution in [0.3, 0.4) is 0 Å². The summed E-state index contributed by atoms with van der Waals surface area (Å²) in [6.07, 6.45) is 0. The summed E-state index contributed by atoms with van der Waals surface area (Å²) < 4.78 is 7.51. The molecule has 4 heterocycles. The fourth-order valence-electron chi connectivity index (χ4n) is 3.02. The van der Waals surface area contributed by atoms with Crippen molar-refractivity contribution >= 4 is 46.9 Å². The van der Waals surface area contributed by atoms with Crippen LogP contribution in [0.25, 0.3) is 22.2 Å². The Bertz CT molecular complexity index is 1260. The molecule has 1 aromatic carbocycles. The fourth-order valence-corrected chi connectivity index (χ4v) is 4.92. The van der Waals surface area contributed by atoms with Crippen molar-refractivity contribution in [1.29, 1.82) is 0 Å². The first kappa shape index (κ1) is 19.5. The average Bonchev–Trinajstić information content (AvgIpc) is 3.55. The number of thiol groups is 1. The van der Waals surface area contributed by atoms with Gasteiger partial charge in [0.1, 0.15) is 5.25 Å². The lowest BCUT2D eigenvalue weighted by Gasteiger charge is -2.11. The molecule has 4 aromatic heterocycles. The molecule has 0 N–H and O–H groups in total. The Labute approximate surface area is 190 Å². The summed E-state index contributed by atoms with van der Waals surface area (Å²) in [6, 6.07) is 15.4. The number of nitrogens with zero attached hydrogens (tertiary/aromatic N) is 5. The third-order valence-corrected chi connectivity index (χ3v) is 6.84. The number of hydrogen-bond acceptors (Lipinski definition) is 8. The van der Waals surface area contributed by atoms with E-state index < -0.39 is 5.25 Å². The van der Waals surface area contributed by atoms with Gasteiger partial charge in [-0.15, -0.1) is 32.9 Å². The van der Waals surface area contributed by atoms with Crippen LogP contribution in [0.1, 0.15) is 21.8 Å². The van der Waals surface area contributed by atoms with E-state index in [9.17, 15) is 0 Å². The zero-order valence-corrected chi connectivity index (χ0v) is 18.6. The van der Waals surface area contributed by atoms with Crippen LogP contribution in [0.15, 0.2) is 63.8 Å². The summed E-state index contributed by atoms with van der Waals surface area (Å²) in [5.41, 5.74) is 0.751. The molecular formula is C20H14ClN5OS3. The standard InChI is InChI=1S/C20H14ClN5OS3/c21-13-5-1-4-12(10-13)20-22-17(25-27-20)16(28)19-24-23-18(15-7-3-9-30-15)26(19)11-14-6-2-8-29-14/h1-10,16,28H,11H2. The van der Waals surface area contributed by atoms with Gasteiger partial charge in [-0.1, -0.05) is 35.0 Å². The van der Waals surface area contributed by atoms with Crippen molar-refractivity contribution in [3.05, 3.63) is 80.8 Å². The quantitative estimate of drug-likeness (QED) is 0.315. The molecule has 10 heteroatoms. The van der Waals surface area contributed by atoms with Crippen molar-refractivity contribution in [2.75, 3.05) is 0 Å². The number of rotatable bonds is 6. The van der Waals surface area contributed by atoms with Crippen LogP contribution in [0.4, 0.5) is 0 Å². The first-order valence-corrected chi connectivity index (χ1v) is 11.6. The molecule has 0 bridgehead atoms. The Morgan fingerprint density at radius 3 is 2.70 bits per heavy atom. The van der Waals surface area contributed by atoms with Gasteiger partial charge < -0.3 is 9.09 Å². The molecule has 0 aliphatic heterocycles. The average molecular weight is 472 g/mol. The predicted molar refractivity (Wildman–Crippen MR) is 122 cm³/mol. The highest BCUT2D eigenvalue weighted by molar-refractivity contribution is 7.80. The Kier molecular flexibility index (Phi) is 5.43. The normalized spacial score (nSPS) is 12.3. The summed E-state index contributed by atoms with van der Waals surface area (Å²) in [5, 5.41) is 17.2. The smallest absolute Gasteiger partial charge is 0.258 e. The Hall–Kier alpha value is -2.46. The molecule has 150 valence electrons. The number of halogens is 1. The van der Waals surface area contributed by atoms with Crippen molar-refractivity contribution in [1.82, 2.24) is 24.9 Å². The zero-order chi connectivity index (χ0) is 20.5. The molecule has 1 atom stereocenters. The third-order valence-electron chi connectivity index (χ3n) is 4.42. The number of aromatic nitrogens is 5. The predicted octanol–water partition coefficient (Wildman–Crippen LogP) is 5.84. The molecular weight excluding hydrogens is 458 g/mol. The third kappa shape index (κ3) is 3.81. The van der Waals surface area contributed by atoms with E-state index in [1.165, 1.54) is 4.88 Å². The highest BCUT2D eigenvalue weighted by atomic mass is 35.5. The first-order chi connectivity index (χ1) is 14.7. The van der Waals surface area contributed by atoms with Gasteiger partial charge in [0.2, 0.25) is 0 Å². The maximum atomic E-state index is 6.08. The van der Waals surface area contributed by atoms with Crippen LogP contribution in [0.2, 0.25) is 5.02 Å². The topological polar surface area (TPSA) is 69.6 Å². The first-order valence-electron chi connectivity index (χ1n) is 8.96. The van der Waals surface area contributed by atoms with Crippen LogP contribution in [-0.4, -0.2) is 24.9 Å². The molecule has 0 fully saturated rings. The maximum absolute atomic E-state index is 6.08. The summed E-state index contributed by atoms with van der Waals surface area (Å²) in [4.78, 5) is 6.76. The van der Waals surface area contributed by atoms with Crippen LogP contribution in [-0.2, 0) is 6.54 Å². The number of thiophene rings is 2. The van der Waals surface area contributed by atoms with Crippen LogP contribution in [0.5, 0.6) is 0 Å². The van der Waals surface area contributed by atoms with Crippen molar-refractivity contribution in [3.8, 4) is 22.2 Å². The maximum Gasteiger partial charge on any atom is 0.258 e. The van der Waals surface area contributed by atoms with E-state index in [-0.39, 0.29) is 0 Å². The second kappa shape index (κ2) is 8.35. The van der Waals surface area contributed by atoms with E-state index in [4.69, 9.17) is 28.8 Å². The summed E-state index contributed by atoms with van der Waals surface area (Å²) >= 11 is 14.1. The molecule has 6 nitrogen and oxygen atoms in total. The molecule has 0 aliphatic rings. The van der Waals surface area contributed by atoms with Gasteiger partial charge in [-0.2, -0.15) is 17.6 Å².